The van der Waals surface area contributed by atoms with Crippen molar-refractivity contribution in [1.29, 1.82) is 0 Å². The molecule has 0 radical (unpaired) electrons. The first-order valence-electron chi connectivity index (χ1n) is 6.98. The van der Waals surface area contributed by atoms with E-state index in [4.69, 9.17) is 0 Å². The molecular formula is C14H31N. The molecule has 0 amide bonds. The van der Waals surface area contributed by atoms with Crippen molar-refractivity contribution in [2.75, 3.05) is 13.1 Å². The Labute approximate surface area is 97.2 Å². The van der Waals surface area contributed by atoms with Crippen LogP contribution in [0.3, 0.4) is 0 Å². The van der Waals surface area contributed by atoms with Crippen LogP contribution in [0.2, 0.25) is 0 Å². The number of nitrogens with zero attached hydrogens (tertiary/aromatic N) is 1. The summed E-state index contributed by atoms with van der Waals surface area (Å²) in [7, 11) is 0. The topological polar surface area (TPSA) is 3.24 Å². The Kier molecular flexibility index (Phi) is 8.13. The summed E-state index contributed by atoms with van der Waals surface area (Å²) in [4.78, 5) is 2.72. The summed E-state index contributed by atoms with van der Waals surface area (Å²) in [6.07, 6.45) is 8.26. The normalized spacial score (nSPS) is 26.2. The average Bonchev–Trinajstić information content (AvgIpc) is 2.60. The van der Waals surface area contributed by atoms with Crippen LogP contribution in [-0.2, 0) is 0 Å². The number of likely N-dealkylation sites (tertiary alicyclic amines) is 1. The van der Waals surface area contributed by atoms with Gasteiger partial charge >= 0.3 is 0 Å². The van der Waals surface area contributed by atoms with Crippen LogP contribution in [-0.4, -0.2) is 23.5 Å². The zero-order chi connectivity index (χ0) is 11.7. The molecule has 92 valence electrons. The molecular weight excluding hydrogens is 182 g/mol. The van der Waals surface area contributed by atoms with Gasteiger partial charge in [0.05, 0.1) is 0 Å². The van der Waals surface area contributed by atoms with E-state index < -0.39 is 0 Å². The van der Waals surface area contributed by atoms with E-state index in [1.54, 1.807) is 0 Å². The number of unbranched alkanes of at least 4 members (excludes halogenated alkanes) is 1. The molecule has 0 aromatic carbocycles. The second kappa shape index (κ2) is 8.15. The molecule has 0 N–H and O–H groups in total. The lowest BCUT2D eigenvalue weighted by molar-refractivity contribution is 0.142. The molecule has 0 bridgehead atoms. The molecule has 1 fully saturated rings. The van der Waals surface area contributed by atoms with Crippen LogP contribution in [0.25, 0.3) is 0 Å². The van der Waals surface area contributed by atoms with Gasteiger partial charge < -0.3 is 0 Å². The van der Waals surface area contributed by atoms with Crippen molar-refractivity contribution in [3.05, 3.63) is 0 Å². The molecule has 1 nitrogen and oxygen atoms in total. The molecule has 1 saturated heterocycles. The Balaban J connectivity index is 0.000000921. The van der Waals surface area contributed by atoms with Gasteiger partial charge in [0, 0.05) is 5.54 Å². The highest BCUT2D eigenvalue weighted by molar-refractivity contribution is 4.91. The molecule has 1 atom stereocenters. The maximum Gasteiger partial charge on any atom is 0.0181 e. The SMILES string of the molecule is CC.CCCCN1CCCC1(C)CCC. The van der Waals surface area contributed by atoms with Crippen LogP contribution in [0.1, 0.15) is 73.1 Å². The summed E-state index contributed by atoms with van der Waals surface area (Å²) in [6.45, 7) is 13.7. The predicted octanol–water partition coefficient (Wildman–Crippen LogP) is 4.47. The van der Waals surface area contributed by atoms with Gasteiger partial charge in [-0.15, -0.1) is 0 Å². The van der Waals surface area contributed by atoms with E-state index in [1.807, 2.05) is 13.8 Å². The van der Waals surface area contributed by atoms with Gasteiger partial charge in [-0.1, -0.05) is 40.5 Å². The molecule has 1 aliphatic rings. The maximum absolute atomic E-state index is 2.72. The summed E-state index contributed by atoms with van der Waals surface area (Å²) < 4.78 is 0. The highest BCUT2D eigenvalue weighted by atomic mass is 15.2. The van der Waals surface area contributed by atoms with Gasteiger partial charge in [0.15, 0.2) is 0 Å². The Morgan fingerprint density at radius 2 is 1.80 bits per heavy atom. The van der Waals surface area contributed by atoms with Crippen molar-refractivity contribution in [3.8, 4) is 0 Å². The van der Waals surface area contributed by atoms with Crippen molar-refractivity contribution < 1.29 is 0 Å². The standard InChI is InChI=1S/C12H25N.C2H6/c1-4-6-10-13-11-7-9-12(13,3)8-5-2;1-2/h4-11H2,1-3H3;1-2H3. The first kappa shape index (κ1) is 15.0. The summed E-state index contributed by atoms with van der Waals surface area (Å²) in [6, 6.07) is 0. The van der Waals surface area contributed by atoms with E-state index in [1.165, 1.54) is 51.6 Å². The van der Waals surface area contributed by atoms with Crippen LogP contribution < -0.4 is 0 Å². The van der Waals surface area contributed by atoms with E-state index in [0.29, 0.717) is 5.54 Å². The fourth-order valence-electron chi connectivity index (χ4n) is 2.63. The van der Waals surface area contributed by atoms with Crippen molar-refractivity contribution in [2.45, 2.75) is 78.7 Å². The van der Waals surface area contributed by atoms with Crippen LogP contribution in [0, 0.1) is 0 Å². The second-order valence-electron chi connectivity index (χ2n) is 4.69. The van der Waals surface area contributed by atoms with E-state index in [2.05, 4.69) is 25.7 Å². The fourth-order valence-corrected chi connectivity index (χ4v) is 2.63. The molecule has 1 heterocycles. The minimum atomic E-state index is 0.546. The van der Waals surface area contributed by atoms with Crippen LogP contribution >= 0.6 is 0 Å². The lowest BCUT2D eigenvalue weighted by Crippen LogP contribution is -2.41. The van der Waals surface area contributed by atoms with Crippen molar-refractivity contribution in [3.63, 3.8) is 0 Å². The molecule has 0 aliphatic carbocycles. The van der Waals surface area contributed by atoms with Crippen molar-refractivity contribution >= 4 is 0 Å². The zero-order valence-electron chi connectivity index (χ0n) is 11.6. The first-order valence-corrected chi connectivity index (χ1v) is 6.98. The summed E-state index contributed by atoms with van der Waals surface area (Å²) in [5.74, 6) is 0. The van der Waals surface area contributed by atoms with Crippen LogP contribution in [0.5, 0.6) is 0 Å². The Bertz CT molecular complexity index is 144. The predicted molar refractivity (Wildman–Crippen MR) is 70.4 cm³/mol. The fraction of sp³-hybridized carbons (Fsp3) is 1.00. The minimum absolute atomic E-state index is 0.546. The summed E-state index contributed by atoms with van der Waals surface area (Å²) in [5, 5.41) is 0. The lowest BCUT2D eigenvalue weighted by atomic mass is 9.93. The van der Waals surface area contributed by atoms with E-state index in [-0.39, 0.29) is 0 Å². The molecule has 1 rings (SSSR count). The minimum Gasteiger partial charge on any atom is -0.298 e. The molecule has 0 aromatic rings. The van der Waals surface area contributed by atoms with Gasteiger partial charge in [0.1, 0.15) is 0 Å². The summed E-state index contributed by atoms with van der Waals surface area (Å²) >= 11 is 0. The third kappa shape index (κ3) is 4.55. The molecule has 0 spiro atoms. The molecule has 0 saturated carbocycles. The molecule has 0 aromatic heterocycles. The van der Waals surface area contributed by atoms with Crippen molar-refractivity contribution in [1.82, 2.24) is 4.90 Å². The highest BCUT2D eigenvalue weighted by Crippen LogP contribution is 2.32. The van der Waals surface area contributed by atoms with E-state index in [0.717, 1.165) is 0 Å². The smallest absolute Gasteiger partial charge is 0.0181 e. The molecule has 1 aliphatic heterocycles. The van der Waals surface area contributed by atoms with Crippen LogP contribution in [0.15, 0.2) is 0 Å². The van der Waals surface area contributed by atoms with Gasteiger partial charge in [-0.3, -0.25) is 4.90 Å². The molecule has 15 heavy (non-hydrogen) atoms. The Morgan fingerprint density at radius 1 is 1.13 bits per heavy atom. The molecule has 1 unspecified atom stereocenters. The van der Waals surface area contributed by atoms with Crippen LogP contribution in [0.4, 0.5) is 0 Å². The maximum atomic E-state index is 2.72. The molecule has 1 heteroatoms. The first-order chi connectivity index (χ1) is 7.23. The Hall–Kier alpha value is -0.0400. The third-order valence-corrected chi connectivity index (χ3v) is 3.48. The summed E-state index contributed by atoms with van der Waals surface area (Å²) in [5.41, 5.74) is 0.546. The van der Waals surface area contributed by atoms with Crippen molar-refractivity contribution in [2.24, 2.45) is 0 Å². The third-order valence-electron chi connectivity index (χ3n) is 3.48. The average molecular weight is 213 g/mol. The second-order valence-corrected chi connectivity index (χ2v) is 4.69. The monoisotopic (exact) mass is 213 g/mol. The number of hydrogen-bond donors (Lipinski definition) is 0. The van der Waals surface area contributed by atoms with Gasteiger partial charge in [-0.05, 0) is 45.7 Å². The Morgan fingerprint density at radius 3 is 2.33 bits per heavy atom. The van der Waals surface area contributed by atoms with Gasteiger partial charge in [0.25, 0.3) is 0 Å². The van der Waals surface area contributed by atoms with Gasteiger partial charge in [0.2, 0.25) is 0 Å². The largest absolute Gasteiger partial charge is 0.298 e. The number of rotatable bonds is 5. The van der Waals surface area contributed by atoms with E-state index >= 15 is 0 Å². The zero-order valence-corrected chi connectivity index (χ0v) is 11.6. The number of hydrogen-bond acceptors (Lipinski definition) is 1. The van der Waals surface area contributed by atoms with Gasteiger partial charge in [-0.25, -0.2) is 0 Å². The highest BCUT2D eigenvalue weighted by Gasteiger charge is 2.34. The lowest BCUT2D eigenvalue weighted by Gasteiger charge is -2.35. The van der Waals surface area contributed by atoms with Gasteiger partial charge in [-0.2, -0.15) is 0 Å². The van der Waals surface area contributed by atoms with E-state index in [9.17, 15) is 0 Å². The quantitative estimate of drug-likeness (QED) is 0.651.